The van der Waals surface area contributed by atoms with Gasteiger partial charge in [0.15, 0.2) is 0 Å². The summed E-state index contributed by atoms with van der Waals surface area (Å²) in [6.45, 7) is 5.07. The molecule has 20 heavy (non-hydrogen) atoms. The van der Waals surface area contributed by atoms with Crippen molar-refractivity contribution in [3.8, 4) is 0 Å². The zero-order valence-electron chi connectivity index (χ0n) is 11.2. The number of hydrogen-bond donors (Lipinski definition) is 1. The number of rotatable bonds is 3. The Morgan fingerprint density at radius 1 is 1.25 bits per heavy atom. The lowest BCUT2D eigenvalue weighted by Gasteiger charge is -1.95. The van der Waals surface area contributed by atoms with Gasteiger partial charge in [-0.2, -0.15) is 13.2 Å². The van der Waals surface area contributed by atoms with Gasteiger partial charge in [0.05, 0.1) is 0 Å². The molecular formula is C13H17F3O4. The van der Waals surface area contributed by atoms with E-state index in [0.29, 0.717) is 13.1 Å². The molecule has 0 unspecified atom stereocenters. The van der Waals surface area contributed by atoms with Gasteiger partial charge < -0.3 is 9.84 Å². The third-order valence-electron chi connectivity index (χ3n) is 1.40. The fourth-order valence-electron chi connectivity index (χ4n) is 0.704. The van der Waals surface area contributed by atoms with Crippen LogP contribution < -0.4 is 0 Å². The standard InChI is InChI=1S/C8H8O2.C3H8.C2HF3O2/c9-7-10-6-8-4-2-1-3-5-8;1-3-2;3-2(4,5)1(6)7/h1-5,7H,6H2;3H2,1-2H3;(H,6,7). The molecule has 4 nitrogen and oxygen atoms in total. The van der Waals surface area contributed by atoms with Gasteiger partial charge in [-0.3, -0.25) is 4.79 Å². The predicted octanol–water partition coefficient (Wildman–Crippen LogP) is 3.41. The van der Waals surface area contributed by atoms with Crippen molar-refractivity contribution in [2.75, 3.05) is 0 Å². The lowest BCUT2D eigenvalue weighted by Crippen LogP contribution is -2.21. The number of carboxylic acid groups (broad SMARTS) is 1. The van der Waals surface area contributed by atoms with E-state index in [1.54, 1.807) is 0 Å². The van der Waals surface area contributed by atoms with Crippen LogP contribution in [0.1, 0.15) is 25.8 Å². The van der Waals surface area contributed by atoms with Crippen molar-refractivity contribution < 1.29 is 32.6 Å². The van der Waals surface area contributed by atoms with Gasteiger partial charge in [0.2, 0.25) is 0 Å². The van der Waals surface area contributed by atoms with Crippen LogP contribution in [0.15, 0.2) is 30.3 Å². The number of carbonyl (C=O) groups is 2. The summed E-state index contributed by atoms with van der Waals surface area (Å²) < 4.78 is 36.3. The number of alkyl halides is 3. The van der Waals surface area contributed by atoms with E-state index in [9.17, 15) is 18.0 Å². The van der Waals surface area contributed by atoms with Gasteiger partial charge in [-0.15, -0.1) is 0 Å². The number of halogens is 3. The summed E-state index contributed by atoms with van der Waals surface area (Å²) in [5.41, 5.74) is 1.01. The predicted molar refractivity (Wildman–Crippen MR) is 67.0 cm³/mol. The van der Waals surface area contributed by atoms with Crippen LogP contribution in [-0.2, 0) is 20.9 Å². The topological polar surface area (TPSA) is 63.6 Å². The third kappa shape index (κ3) is 14.0. The second-order valence-corrected chi connectivity index (χ2v) is 3.40. The molecule has 0 fully saturated rings. The minimum absolute atomic E-state index is 0.365. The van der Waals surface area contributed by atoms with Crippen LogP contribution in [0.2, 0.25) is 0 Å². The van der Waals surface area contributed by atoms with E-state index >= 15 is 0 Å². The van der Waals surface area contributed by atoms with Crippen molar-refractivity contribution in [1.29, 1.82) is 0 Å². The molecule has 1 aromatic rings. The van der Waals surface area contributed by atoms with Crippen molar-refractivity contribution in [3.63, 3.8) is 0 Å². The normalized spacial score (nSPS) is 9.25. The Balaban J connectivity index is 0. The first-order valence-electron chi connectivity index (χ1n) is 5.68. The lowest BCUT2D eigenvalue weighted by molar-refractivity contribution is -0.192. The summed E-state index contributed by atoms with van der Waals surface area (Å²) in [4.78, 5) is 18.7. The average molecular weight is 294 g/mol. The van der Waals surface area contributed by atoms with E-state index in [4.69, 9.17) is 9.90 Å². The molecule has 0 saturated carbocycles. The summed E-state index contributed by atoms with van der Waals surface area (Å²) in [5.74, 6) is -2.76. The molecule has 0 saturated heterocycles. The van der Waals surface area contributed by atoms with Gasteiger partial charge in [0, 0.05) is 0 Å². The van der Waals surface area contributed by atoms with Crippen LogP contribution in [0.4, 0.5) is 13.2 Å². The Morgan fingerprint density at radius 3 is 1.95 bits per heavy atom. The molecule has 0 aliphatic carbocycles. The Hall–Kier alpha value is -2.05. The summed E-state index contributed by atoms with van der Waals surface area (Å²) >= 11 is 0. The molecule has 1 N–H and O–H groups in total. The van der Waals surface area contributed by atoms with E-state index in [1.807, 2.05) is 30.3 Å². The van der Waals surface area contributed by atoms with Crippen LogP contribution in [0, 0.1) is 0 Å². The molecule has 0 bridgehead atoms. The van der Waals surface area contributed by atoms with Crippen LogP contribution in [-0.4, -0.2) is 23.7 Å². The second kappa shape index (κ2) is 12.0. The molecule has 0 amide bonds. The zero-order valence-corrected chi connectivity index (χ0v) is 11.2. The van der Waals surface area contributed by atoms with Crippen molar-refractivity contribution in [1.82, 2.24) is 0 Å². The zero-order chi connectivity index (χ0) is 16.0. The first kappa shape index (κ1) is 20.3. The molecule has 0 heterocycles. The summed E-state index contributed by atoms with van der Waals surface area (Å²) in [7, 11) is 0. The molecule has 0 radical (unpaired) electrons. The molecule has 1 rings (SSSR count). The monoisotopic (exact) mass is 294 g/mol. The molecule has 0 aliphatic heterocycles. The number of carbonyl (C=O) groups excluding carboxylic acids is 1. The minimum Gasteiger partial charge on any atom is -0.475 e. The maximum atomic E-state index is 10.6. The quantitative estimate of drug-likeness (QED) is 0.868. The van der Waals surface area contributed by atoms with E-state index in [0.717, 1.165) is 5.56 Å². The highest BCUT2D eigenvalue weighted by molar-refractivity contribution is 5.73. The van der Waals surface area contributed by atoms with Gasteiger partial charge in [-0.25, -0.2) is 4.79 Å². The largest absolute Gasteiger partial charge is 0.490 e. The Labute approximate surface area is 115 Å². The van der Waals surface area contributed by atoms with Gasteiger partial charge in [-0.05, 0) is 5.56 Å². The maximum Gasteiger partial charge on any atom is 0.490 e. The molecule has 0 aliphatic rings. The number of aliphatic carboxylic acids is 1. The highest BCUT2D eigenvalue weighted by Crippen LogP contribution is 2.13. The van der Waals surface area contributed by atoms with E-state index < -0.39 is 12.1 Å². The van der Waals surface area contributed by atoms with Gasteiger partial charge in [0.25, 0.3) is 6.47 Å². The maximum absolute atomic E-state index is 10.6. The third-order valence-corrected chi connectivity index (χ3v) is 1.40. The minimum atomic E-state index is -5.08. The molecular weight excluding hydrogens is 277 g/mol. The van der Waals surface area contributed by atoms with Crippen molar-refractivity contribution in [3.05, 3.63) is 35.9 Å². The summed E-state index contributed by atoms with van der Waals surface area (Å²) in [6.07, 6.45) is -3.83. The Kier molecular flexibility index (Phi) is 12.2. The Bertz CT molecular complexity index is 364. The Morgan fingerprint density at radius 2 is 1.65 bits per heavy atom. The number of benzene rings is 1. The van der Waals surface area contributed by atoms with Crippen LogP contribution in [0.5, 0.6) is 0 Å². The van der Waals surface area contributed by atoms with Gasteiger partial charge in [-0.1, -0.05) is 50.6 Å². The fourth-order valence-corrected chi connectivity index (χ4v) is 0.704. The lowest BCUT2D eigenvalue weighted by atomic mass is 10.2. The highest BCUT2D eigenvalue weighted by atomic mass is 19.4. The number of hydrogen-bond acceptors (Lipinski definition) is 3. The molecule has 0 atom stereocenters. The molecule has 7 heteroatoms. The van der Waals surface area contributed by atoms with Crippen molar-refractivity contribution in [2.24, 2.45) is 0 Å². The van der Waals surface area contributed by atoms with Gasteiger partial charge in [0.1, 0.15) is 6.61 Å². The number of carboxylic acids is 1. The summed E-state index contributed by atoms with van der Waals surface area (Å²) in [5, 5.41) is 7.12. The molecule has 0 spiro atoms. The van der Waals surface area contributed by atoms with E-state index in [2.05, 4.69) is 18.6 Å². The SMILES string of the molecule is CCC.O=C(O)C(F)(F)F.O=COCc1ccccc1. The van der Waals surface area contributed by atoms with Crippen LogP contribution in [0.25, 0.3) is 0 Å². The van der Waals surface area contributed by atoms with E-state index in [-0.39, 0.29) is 0 Å². The van der Waals surface area contributed by atoms with E-state index in [1.165, 1.54) is 6.42 Å². The van der Waals surface area contributed by atoms with Gasteiger partial charge >= 0.3 is 12.1 Å². The van der Waals surface area contributed by atoms with Crippen molar-refractivity contribution in [2.45, 2.75) is 33.1 Å². The molecule has 114 valence electrons. The van der Waals surface area contributed by atoms with Crippen molar-refractivity contribution >= 4 is 12.4 Å². The smallest absolute Gasteiger partial charge is 0.475 e. The first-order chi connectivity index (χ1) is 9.29. The highest BCUT2D eigenvalue weighted by Gasteiger charge is 2.38. The van der Waals surface area contributed by atoms with Crippen LogP contribution in [0.3, 0.4) is 0 Å². The van der Waals surface area contributed by atoms with Crippen LogP contribution >= 0.6 is 0 Å². The fraction of sp³-hybridized carbons (Fsp3) is 0.385. The second-order valence-electron chi connectivity index (χ2n) is 3.40. The molecule has 1 aromatic carbocycles. The molecule has 0 aromatic heterocycles. The summed E-state index contributed by atoms with van der Waals surface area (Å²) in [6, 6.07) is 9.55. The first-order valence-corrected chi connectivity index (χ1v) is 5.68. The number of ether oxygens (including phenoxy) is 1. The average Bonchev–Trinajstić information content (AvgIpc) is 2.38.